The molecule has 1 aromatic rings. The summed E-state index contributed by atoms with van der Waals surface area (Å²) in [7, 11) is -2.17. The second kappa shape index (κ2) is 11.0. The summed E-state index contributed by atoms with van der Waals surface area (Å²) in [5.74, 6) is -0.614. The molecule has 0 saturated heterocycles. The zero-order valence-electron chi connectivity index (χ0n) is 21.0. The minimum absolute atomic E-state index is 0.00756. The molecular weight excluding hydrogens is 404 g/mol. The minimum Gasteiger partial charge on any atom is -0.543 e. The maximum absolute atomic E-state index is 12.0. The van der Waals surface area contributed by atoms with Crippen molar-refractivity contribution in [2.75, 3.05) is 0 Å². The predicted octanol–water partition coefficient (Wildman–Crippen LogP) is 7.66. The zero-order valence-corrected chi connectivity index (χ0v) is 22.0. The van der Waals surface area contributed by atoms with Gasteiger partial charge in [-0.2, -0.15) is 0 Å². The van der Waals surface area contributed by atoms with E-state index in [2.05, 4.69) is 66.8 Å². The van der Waals surface area contributed by atoms with E-state index in [9.17, 15) is 15.0 Å². The highest BCUT2D eigenvalue weighted by molar-refractivity contribution is 6.74. The molecule has 0 amide bonds. The molecule has 0 aliphatic rings. The van der Waals surface area contributed by atoms with Gasteiger partial charge in [0.25, 0.3) is 0 Å². The highest BCUT2D eigenvalue weighted by Gasteiger charge is 2.40. The number of rotatable bonds is 10. The maximum Gasteiger partial charge on any atom is 0.339 e. The standard InChI is InChI=1S/C26H42O4Si/c1-10-12-20-17-22(30-31(8,9)26(5,6)7)21(24(27)23(20)25(28)29)16-15-19(4)14-11-13-18(2)3/h13,15,17,27H,10-12,14,16H2,1-9H3,(H,28,29)/b19-15+. The number of benzene rings is 1. The number of carbonyl (C=O) groups is 1. The third kappa shape index (κ3) is 7.56. The number of carboxylic acids is 1. The second-order valence-corrected chi connectivity index (χ2v) is 15.0. The van der Waals surface area contributed by atoms with Crippen LogP contribution in [0.1, 0.15) is 89.2 Å². The van der Waals surface area contributed by atoms with Gasteiger partial charge in [0.1, 0.15) is 17.1 Å². The summed E-state index contributed by atoms with van der Waals surface area (Å²) in [4.78, 5) is 12.0. The molecule has 1 rings (SSSR count). The van der Waals surface area contributed by atoms with Crippen LogP contribution < -0.4 is 4.43 Å². The summed E-state index contributed by atoms with van der Waals surface area (Å²) in [5, 5.41) is 20.8. The van der Waals surface area contributed by atoms with Crippen LogP contribution in [0.5, 0.6) is 11.5 Å². The molecule has 5 heteroatoms. The molecule has 0 aliphatic carbocycles. The smallest absolute Gasteiger partial charge is 0.339 e. The predicted molar refractivity (Wildman–Crippen MR) is 133 cm³/mol. The summed E-state index contributed by atoms with van der Waals surface area (Å²) >= 11 is 0. The third-order valence-corrected chi connectivity index (χ3v) is 10.4. The number of carboxylic acid groups (broad SMARTS) is 1. The van der Waals surface area contributed by atoms with Crippen LogP contribution in [0.4, 0.5) is 0 Å². The first kappa shape index (κ1) is 27.0. The molecule has 0 saturated carbocycles. The number of aromatic hydroxyl groups is 1. The molecule has 0 aliphatic heterocycles. The van der Waals surface area contributed by atoms with Gasteiger partial charge in [0.15, 0.2) is 0 Å². The average Bonchev–Trinajstić information content (AvgIpc) is 2.59. The van der Waals surface area contributed by atoms with Crippen LogP contribution in [0, 0.1) is 0 Å². The van der Waals surface area contributed by atoms with Gasteiger partial charge >= 0.3 is 5.97 Å². The van der Waals surface area contributed by atoms with E-state index >= 15 is 0 Å². The number of aromatic carboxylic acids is 1. The molecule has 31 heavy (non-hydrogen) atoms. The molecule has 2 N–H and O–H groups in total. The number of hydrogen-bond acceptors (Lipinski definition) is 3. The Morgan fingerprint density at radius 3 is 2.26 bits per heavy atom. The Kier molecular flexibility index (Phi) is 9.61. The van der Waals surface area contributed by atoms with Crippen molar-refractivity contribution in [3.63, 3.8) is 0 Å². The highest BCUT2D eigenvalue weighted by Crippen LogP contribution is 2.42. The number of phenols is 1. The fourth-order valence-electron chi connectivity index (χ4n) is 3.13. The topological polar surface area (TPSA) is 66.8 Å². The summed E-state index contributed by atoms with van der Waals surface area (Å²) in [5.41, 5.74) is 3.73. The molecule has 0 aromatic heterocycles. The molecule has 0 spiro atoms. The summed E-state index contributed by atoms with van der Waals surface area (Å²) in [6.07, 6.45) is 8.02. The summed E-state index contributed by atoms with van der Waals surface area (Å²) in [6.45, 7) is 19.1. The van der Waals surface area contributed by atoms with Crippen LogP contribution in [0.25, 0.3) is 0 Å². The van der Waals surface area contributed by atoms with E-state index in [1.54, 1.807) is 0 Å². The van der Waals surface area contributed by atoms with E-state index in [-0.39, 0.29) is 16.4 Å². The SMILES string of the molecule is CCCc1cc(O[Si](C)(C)C(C)(C)C)c(C/C=C(\C)CCC=C(C)C)c(O)c1C(=O)O. The van der Waals surface area contributed by atoms with Crippen LogP contribution in [0.2, 0.25) is 18.1 Å². The maximum atomic E-state index is 12.0. The first-order chi connectivity index (χ1) is 14.2. The molecule has 1 aromatic carbocycles. The van der Waals surface area contributed by atoms with Crippen molar-refractivity contribution in [3.05, 3.63) is 46.1 Å². The molecule has 0 heterocycles. The van der Waals surface area contributed by atoms with E-state index in [1.165, 1.54) is 11.1 Å². The second-order valence-electron chi connectivity index (χ2n) is 10.2. The number of allylic oxidation sites excluding steroid dienone is 4. The molecule has 0 atom stereocenters. The van der Waals surface area contributed by atoms with Gasteiger partial charge in [-0.05, 0) is 76.2 Å². The van der Waals surface area contributed by atoms with Crippen molar-refractivity contribution in [2.24, 2.45) is 0 Å². The Balaban J connectivity index is 3.48. The molecule has 0 bridgehead atoms. The number of hydrogen-bond donors (Lipinski definition) is 2. The van der Waals surface area contributed by atoms with Crippen LogP contribution in [-0.2, 0) is 12.8 Å². The zero-order chi connectivity index (χ0) is 24.0. The Labute approximate surface area is 190 Å². The fourth-order valence-corrected chi connectivity index (χ4v) is 4.16. The van der Waals surface area contributed by atoms with Crippen molar-refractivity contribution in [1.82, 2.24) is 0 Å². The van der Waals surface area contributed by atoms with E-state index in [1.807, 2.05) is 13.0 Å². The Morgan fingerprint density at radius 2 is 1.77 bits per heavy atom. The normalized spacial score (nSPS) is 12.6. The largest absolute Gasteiger partial charge is 0.543 e. The van der Waals surface area contributed by atoms with E-state index in [4.69, 9.17) is 4.43 Å². The van der Waals surface area contributed by atoms with Gasteiger partial charge in [0.2, 0.25) is 8.32 Å². The molecule has 174 valence electrons. The van der Waals surface area contributed by atoms with Gasteiger partial charge in [-0.15, -0.1) is 0 Å². The first-order valence-corrected chi connectivity index (χ1v) is 14.2. The van der Waals surface area contributed by atoms with Crippen LogP contribution in [0.3, 0.4) is 0 Å². The minimum atomic E-state index is -2.17. The van der Waals surface area contributed by atoms with Crippen LogP contribution >= 0.6 is 0 Å². The Morgan fingerprint density at radius 1 is 1.16 bits per heavy atom. The van der Waals surface area contributed by atoms with Crippen LogP contribution in [-0.4, -0.2) is 24.5 Å². The lowest BCUT2D eigenvalue weighted by Gasteiger charge is -2.37. The van der Waals surface area contributed by atoms with E-state index in [0.717, 1.165) is 19.3 Å². The van der Waals surface area contributed by atoms with Gasteiger partial charge in [-0.1, -0.05) is 57.4 Å². The van der Waals surface area contributed by atoms with Crippen molar-refractivity contribution in [1.29, 1.82) is 0 Å². The lowest BCUT2D eigenvalue weighted by atomic mass is 9.95. The van der Waals surface area contributed by atoms with E-state index in [0.29, 0.717) is 29.7 Å². The van der Waals surface area contributed by atoms with Crippen molar-refractivity contribution in [2.45, 2.75) is 98.7 Å². The monoisotopic (exact) mass is 446 g/mol. The lowest BCUT2D eigenvalue weighted by molar-refractivity contribution is 0.0692. The van der Waals surface area contributed by atoms with Gasteiger partial charge in [0, 0.05) is 5.56 Å². The fraction of sp³-hybridized carbons (Fsp3) is 0.577. The van der Waals surface area contributed by atoms with Crippen molar-refractivity contribution < 1.29 is 19.4 Å². The lowest BCUT2D eigenvalue weighted by Crippen LogP contribution is -2.44. The molecular formula is C26H42O4Si. The third-order valence-electron chi connectivity index (χ3n) is 6.10. The van der Waals surface area contributed by atoms with Gasteiger partial charge in [-0.3, -0.25) is 0 Å². The quantitative estimate of drug-likeness (QED) is 0.286. The number of aryl methyl sites for hydroxylation is 1. The average molecular weight is 447 g/mol. The highest BCUT2D eigenvalue weighted by atomic mass is 28.4. The molecule has 0 radical (unpaired) electrons. The Bertz CT molecular complexity index is 838. The summed E-state index contributed by atoms with van der Waals surface area (Å²) in [6, 6.07) is 1.86. The van der Waals surface area contributed by atoms with Gasteiger partial charge in [-0.25, -0.2) is 4.79 Å². The van der Waals surface area contributed by atoms with Gasteiger partial charge < -0.3 is 14.6 Å². The molecule has 0 fully saturated rings. The molecule has 4 nitrogen and oxygen atoms in total. The van der Waals surface area contributed by atoms with Crippen LogP contribution in [0.15, 0.2) is 29.4 Å². The van der Waals surface area contributed by atoms with E-state index < -0.39 is 14.3 Å². The Hall–Kier alpha value is -2.01. The van der Waals surface area contributed by atoms with Crippen molar-refractivity contribution >= 4 is 14.3 Å². The van der Waals surface area contributed by atoms with Crippen molar-refractivity contribution in [3.8, 4) is 11.5 Å². The summed E-state index contributed by atoms with van der Waals surface area (Å²) < 4.78 is 6.59. The first-order valence-electron chi connectivity index (χ1n) is 11.3. The molecule has 0 unspecified atom stereocenters. The van der Waals surface area contributed by atoms with Gasteiger partial charge in [0.05, 0.1) is 0 Å².